The van der Waals surface area contributed by atoms with E-state index in [1.807, 2.05) is 41.9 Å². The molecule has 3 aromatic rings. The molecule has 2 N–H and O–H groups in total. The number of carbonyl (C=O) groups is 1. The van der Waals surface area contributed by atoms with Gasteiger partial charge >= 0.3 is 0 Å². The Morgan fingerprint density at radius 3 is 3.05 bits per heavy atom. The van der Waals surface area contributed by atoms with Crippen molar-refractivity contribution in [2.24, 2.45) is 5.10 Å². The molecular weight excluding hydrogens is 282 g/mol. The van der Waals surface area contributed by atoms with E-state index in [-0.39, 0.29) is 5.91 Å². The third-order valence-corrected chi connectivity index (χ3v) is 4.03. The van der Waals surface area contributed by atoms with Crippen LogP contribution in [0.5, 0.6) is 0 Å². The fourth-order valence-electron chi connectivity index (χ4n) is 2.18. The monoisotopic (exact) mass is 297 g/mol. The second-order valence-electron chi connectivity index (χ2n) is 4.67. The molecule has 0 unspecified atom stereocenters. The van der Waals surface area contributed by atoms with Crippen molar-refractivity contribution in [2.75, 3.05) is 0 Å². The second-order valence-corrected chi connectivity index (χ2v) is 5.65. The first-order chi connectivity index (χ1) is 10.3. The Balaban J connectivity index is 1.54. The molecule has 106 valence electrons. The summed E-state index contributed by atoms with van der Waals surface area (Å²) in [6.45, 7) is 0. The number of para-hydroxylation sites is 1. The highest BCUT2D eigenvalue weighted by Gasteiger charge is 2.05. The molecule has 0 bridgehead atoms. The maximum atomic E-state index is 11.8. The Morgan fingerprint density at radius 1 is 1.29 bits per heavy atom. The van der Waals surface area contributed by atoms with Crippen molar-refractivity contribution in [3.05, 3.63) is 58.4 Å². The van der Waals surface area contributed by atoms with Crippen LogP contribution in [0, 0.1) is 0 Å². The van der Waals surface area contributed by atoms with Crippen LogP contribution in [-0.4, -0.2) is 17.1 Å². The van der Waals surface area contributed by atoms with E-state index in [1.165, 1.54) is 5.39 Å². The molecule has 4 nitrogen and oxygen atoms in total. The molecule has 0 atom stereocenters. The fraction of sp³-hybridized carbons (Fsp3) is 0.125. The summed E-state index contributed by atoms with van der Waals surface area (Å²) in [4.78, 5) is 16.0. The highest BCUT2D eigenvalue weighted by Crippen LogP contribution is 2.18. The number of rotatable bonds is 5. The lowest BCUT2D eigenvalue weighted by molar-refractivity contribution is -0.121. The zero-order chi connectivity index (χ0) is 14.5. The first-order valence-corrected chi connectivity index (χ1v) is 7.61. The molecule has 0 aliphatic heterocycles. The summed E-state index contributed by atoms with van der Waals surface area (Å²) in [5.41, 5.74) is 4.81. The molecule has 1 aromatic carbocycles. The van der Waals surface area contributed by atoms with Gasteiger partial charge in [-0.05, 0) is 29.5 Å². The fourth-order valence-corrected chi connectivity index (χ4v) is 2.76. The molecular formula is C16H15N3OS. The summed E-state index contributed by atoms with van der Waals surface area (Å²) in [6, 6.07) is 12.0. The maximum Gasteiger partial charge on any atom is 0.240 e. The number of nitrogens with zero attached hydrogens (tertiary/aromatic N) is 1. The average molecular weight is 297 g/mol. The normalized spacial score (nSPS) is 11.2. The largest absolute Gasteiger partial charge is 0.361 e. The molecule has 0 radical (unpaired) electrons. The predicted octanol–water partition coefficient (Wildman–Crippen LogP) is 3.31. The van der Waals surface area contributed by atoms with Crippen molar-refractivity contribution in [1.82, 2.24) is 10.4 Å². The van der Waals surface area contributed by atoms with E-state index >= 15 is 0 Å². The molecule has 2 heterocycles. The van der Waals surface area contributed by atoms with Crippen LogP contribution in [0.4, 0.5) is 0 Å². The Hall–Kier alpha value is -2.40. The summed E-state index contributed by atoms with van der Waals surface area (Å²) in [5, 5.41) is 7.10. The lowest BCUT2D eigenvalue weighted by Crippen LogP contribution is -2.17. The van der Waals surface area contributed by atoms with Crippen molar-refractivity contribution < 1.29 is 4.79 Å². The number of aryl methyl sites for hydroxylation is 1. The van der Waals surface area contributed by atoms with Crippen LogP contribution in [0.15, 0.2) is 53.1 Å². The van der Waals surface area contributed by atoms with E-state index in [2.05, 4.69) is 21.6 Å². The third kappa shape index (κ3) is 3.38. The summed E-state index contributed by atoms with van der Waals surface area (Å²) < 4.78 is 0. The highest BCUT2D eigenvalue weighted by atomic mass is 32.1. The summed E-state index contributed by atoms with van der Waals surface area (Å²) in [6.07, 6.45) is 4.75. The minimum Gasteiger partial charge on any atom is -0.361 e. The minimum atomic E-state index is -0.0758. The van der Waals surface area contributed by atoms with Gasteiger partial charge in [-0.2, -0.15) is 5.10 Å². The zero-order valence-corrected chi connectivity index (χ0v) is 12.2. The highest BCUT2D eigenvalue weighted by molar-refractivity contribution is 7.11. The van der Waals surface area contributed by atoms with Crippen molar-refractivity contribution >= 4 is 34.4 Å². The van der Waals surface area contributed by atoms with Gasteiger partial charge in [-0.1, -0.05) is 24.3 Å². The maximum absolute atomic E-state index is 11.8. The number of H-pyrrole nitrogens is 1. The summed E-state index contributed by atoms with van der Waals surface area (Å²) >= 11 is 1.58. The molecule has 3 rings (SSSR count). The number of nitrogens with one attached hydrogen (secondary N) is 2. The minimum absolute atomic E-state index is 0.0758. The Bertz CT molecular complexity index is 759. The zero-order valence-electron chi connectivity index (χ0n) is 11.4. The van der Waals surface area contributed by atoms with E-state index in [0.717, 1.165) is 16.0 Å². The standard InChI is InChI=1S/C16H15N3OS/c20-16(19-18-11-13-4-3-9-21-13)8-7-12-10-17-15-6-2-1-5-14(12)15/h1-6,9-11,17H,7-8H2,(H,19,20). The van der Waals surface area contributed by atoms with Gasteiger partial charge < -0.3 is 4.98 Å². The van der Waals surface area contributed by atoms with E-state index in [0.29, 0.717) is 12.8 Å². The van der Waals surface area contributed by atoms with Crippen LogP contribution in [0.3, 0.4) is 0 Å². The van der Waals surface area contributed by atoms with Gasteiger partial charge in [0, 0.05) is 28.4 Å². The molecule has 5 heteroatoms. The molecule has 1 amide bonds. The van der Waals surface area contributed by atoms with E-state index in [4.69, 9.17) is 0 Å². The number of fused-ring (bicyclic) bond motifs is 1. The first-order valence-electron chi connectivity index (χ1n) is 6.73. The molecule has 21 heavy (non-hydrogen) atoms. The number of carbonyl (C=O) groups excluding carboxylic acids is 1. The van der Waals surface area contributed by atoms with Gasteiger partial charge in [0.2, 0.25) is 5.91 Å². The van der Waals surface area contributed by atoms with Crippen molar-refractivity contribution in [2.45, 2.75) is 12.8 Å². The number of amides is 1. The second kappa shape index (κ2) is 6.37. The van der Waals surface area contributed by atoms with E-state index < -0.39 is 0 Å². The lowest BCUT2D eigenvalue weighted by atomic mass is 10.1. The molecule has 0 fully saturated rings. The molecule has 0 aliphatic carbocycles. The van der Waals surface area contributed by atoms with Gasteiger partial charge in [0.1, 0.15) is 0 Å². The molecule has 0 aliphatic rings. The van der Waals surface area contributed by atoms with Gasteiger partial charge in [0.05, 0.1) is 6.21 Å². The molecule has 0 saturated heterocycles. The molecule has 2 aromatic heterocycles. The van der Waals surface area contributed by atoms with Crippen LogP contribution in [-0.2, 0) is 11.2 Å². The van der Waals surface area contributed by atoms with E-state index in [1.54, 1.807) is 17.6 Å². The van der Waals surface area contributed by atoms with Crippen LogP contribution < -0.4 is 5.43 Å². The van der Waals surface area contributed by atoms with Crippen LogP contribution >= 0.6 is 11.3 Å². The van der Waals surface area contributed by atoms with Gasteiger partial charge in [0.25, 0.3) is 0 Å². The number of thiophene rings is 1. The molecule has 0 saturated carbocycles. The Labute approximate surface area is 126 Å². The number of aromatic nitrogens is 1. The van der Waals surface area contributed by atoms with E-state index in [9.17, 15) is 4.79 Å². The van der Waals surface area contributed by atoms with Gasteiger partial charge in [0.15, 0.2) is 0 Å². The number of hydrogen-bond donors (Lipinski definition) is 2. The van der Waals surface area contributed by atoms with Crippen molar-refractivity contribution in [3.8, 4) is 0 Å². The van der Waals surface area contributed by atoms with Crippen LogP contribution in [0.1, 0.15) is 16.9 Å². The Morgan fingerprint density at radius 2 is 2.19 bits per heavy atom. The van der Waals surface area contributed by atoms with Gasteiger partial charge in [-0.3, -0.25) is 4.79 Å². The number of hydrazone groups is 1. The number of benzene rings is 1. The number of aromatic amines is 1. The summed E-state index contributed by atoms with van der Waals surface area (Å²) in [5.74, 6) is -0.0758. The third-order valence-electron chi connectivity index (χ3n) is 3.22. The Kier molecular flexibility index (Phi) is 4.12. The topological polar surface area (TPSA) is 57.2 Å². The average Bonchev–Trinajstić information content (AvgIpc) is 3.14. The SMILES string of the molecule is O=C(CCc1c[nH]c2ccccc12)NN=Cc1cccs1. The lowest BCUT2D eigenvalue weighted by Gasteiger charge is -1.99. The van der Waals surface area contributed by atoms with Gasteiger partial charge in [-0.25, -0.2) is 5.43 Å². The molecule has 0 spiro atoms. The summed E-state index contributed by atoms with van der Waals surface area (Å²) in [7, 11) is 0. The predicted molar refractivity (Wildman–Crippen MR) is 86.7 cm³/mol. The van der Waals surface area contributed by atoms with Crippen molar-refractivity contribution in [1.29, 1.82) is 0 Å². The van der Waals surface area contributed by atoms with Gasteiger partial charge in [-0.15, -0.1) is 11.3 Å². The number of hydrogen-bond acceptors (Lipinski definition) is 3. The van der Waals surface area contributed by atoms with Crippen LogP contribution in [0.25, 0.3) is 10.9 Å². The quantitative estimate of drug-likeness (QED) is 0.551. The van der Waals surface area contributed by atoms with Crippen LogP contribution in [0.2, 0.25) is 0 Å². The smallest absolute Gasteiger partial charge is 0.240 e. The first kappa shape index (κ1) is 13.6. The van der Waals surface area contributed by atoms with Crippen molar-refractivity contribution in [3.63, 3.8) is 0 Å².